The molecular formula is C7H8F3N3O2S. The number of aliphatic hydroxyl groups is 1. The molecule has 0 aliphatic rings. The minimum atomic E-state index is -4.65. The molecule has 4 N–H and O–H groups in total. The van der Waals surface area contributed by atoms with Crippen LogP contribution in [0.1, 0.15) is 10.6 Å². The van der Waals surface area contributed by atoms with Crippen LogP contribution in [-0.4, -0.2) is 22.5 Å². The number of nitrogens with zero attached hydrogens (tertiary/aromatic N) is 1. The second kappa shape index (κ2) is 4.76. The number of amides is 1. The second-order valence-corrected chi connectivity index (χ2v) is 3.78. The van der Waals surface area contributed by atoms with Gasteiger partial charge in [-0.15, -0.1) is 0 Å². The fraction of sp³-hybridized carbons (Fsp3) is 0.429. The first-order valence-corrected chi connectivity index (χ1v) is 4.87. The van der Waals surface area contributed by atoms with Crippen LogP contribution in [0.15, 0.2) is 0 Å². The maximum absolute atomic E-state index is 12.4. The van der Waals surface area contributed by atoms with Crippen LogP contribution in [0.3, 0.4) is 0 Å². The molecule has 5 nitrogen and oxygen atoms in total. The number of thiazole rings is 1. The van der Waals surface area contributed by atoms with Crippen molar-refractivity contribution in [2.45, 2.75) is 12.8 Å². The number of hydrogen-bond acceptors (Lipinski definition) is 5. The predicted octanol–water partition coefficient (Wildman–Crippen LogP) is 0.551. The fourth-order valence-electron chi connectivity index (χ4n) is 0.904. The summed E-state index contributed by atoms with van der Waals surface area (Å²) in [5, 5.41) is 10.6. The van der Waals surface area contributed by atoms with Crippen molar-refractivity contribution in [3.63, 3.8) is 0 Å². The Bertz CT molecular complexity index is 391. The van der Waals surface area contributed by atoms with Crippen molar-refractivity contribution < 1.29 is 23.1 Å². The zero-order chi connectivity index (χ0) is 12.3. The van der Waals surface area contributed by atoms with Gasteiger partial charge in [-0.3, -0.25) is 4.79 Å². The Hall–Kier alpha value is -1.19. The first-order valence-electron chi connectivity index (χ1n) is 4.06. The molecule has 1 heterocycles. The minimum Gasteiger partial charge on any atom is -0.391 e. The normalized spacial score (nSPS) is 11.6. The highest BCUT2D eigenvalue weighted by Gasteiger charge is 2.37. The van der Waals surface area contributed by atoms with E-state index in [2.05, 4.69) is 10.3 Å². The quantitative estimate of drug-likeness (QED) is 0.736. The number of nitrogens with two attached hydrogens (primary N) is 1. The van der Waals surface area contributed by atoms with E-state index in [1.807, 2.05) is 0 Å². The molecule has 90 valence electrons. The number of aliphatic hydroxyl groups excluding tert-OH is 1. The fourth-order valence-corrected chi connectivity index (χ4v) is 1.76. The third-order valence-electron chi connectivity index (χ3n) is 1.54. The number of nitrogens with one attached hydrogen (secondary N) is 1. The van der Waals surface area contributed by atoms with Crippen molar-refractivity contribution >= 4 is 22.4 Å². The van der Waals surface area contributed by atoms with Crippen LogP contribution in [0.25, 0.3) is 0 Å². The van der Waals surface area contributed by atoms with E-state index in [1.165, 1.54) is 0 Å². The summed E-state index contributed by atoms with van der Waals surface area (Å²) in [6, 6.07) is 0. The van der Waals surface area contributed by atoms with E-state index in [0.717, 1.165) is 0 Å². The van der Waals surface area contributed by atoms with E-state index in [1.54, 1.807) is 0 Å². The molecule has 1 amide bonds. The maximum atomic E-state index is 12.4. The largest absolute Gasteiger partial charge is 0.434 e. The molecule has 1 rings (SSSR count). The van der Waals surface area contributed by atoms with Gasteiger partial charge in [-0.2, -0.15) is 13.2 Å². The van der Waals surface area contributed by atoms with Crippen LogP contribution in [-0.2, 0) is 17.6 Å². The van der Waals surface area contributed by atoms with Crippen molar-refractivity contribution in [1.29, 1.82) is 0 Å². The van der Waals surface area contributed by atoms with Gasteiger partial charge < -0.3 is 16.2 Å². The van der Waals surface area contributed by atoms with Crippen LogP contribution < -0.4 is 11.1 Å². The Balaban J connectivity index is 2.99. The minimum absolute atomic E-state index is 0.230. The third-order valence-corrected chi connectivity index (χ3v) is 2.50. The number of anilines is 1. The van der Waals surface area contributed by atoms with Crippen LogP contribution in [0.5, 0.6) is 0 Å². The Kier molecular flexibility index (Phi) is 3.83. The third kappa shape index (κ3) is 2.90. The topological polar surface area (TPSA) is 88.2 Å². The van der Waals surface area contributed by atoms with E-state index in [-0.39, 0.29) is 16.6 Å². The Morgan fingerprint density at radius 1 is 1.56 bits per heavy atom. The van der Waals surface area contributed by atoms with Gasteiger partial charge in [-0.25, -0.2) is 4.98 Å². The van der Waals surface area contributed by atoms with Gasteiger partial charge in [0.15, 0.2) is 10.8 Å². The monoisotopic (exact) mass is 255 g/mol. The van der Waals surface area contributed by atoms with Crippen molar-refractivity contribution in [3.05, 3.63) is 10.6 Å². The van der Waals surface area contributed by atoms with Gasteiger partial charge in [0.2, 0.25) is 5.91 Å². The van der Waals surface area contributed by atoms with Crippen molar-refractivity contribution in [1.82, 2.24) is 4.98 Å². The van der Waals surface area contributed by atoms with Crippen molar-refractivity contribution in [2.75, 3.05) is 11.9 Å². The lowest BCUT2D eigenvalue weighted by molar-refractivity contribution is -0.141. The van der Waals surface area contributed by atoms with Gasteiger partial charge in [0.1, 0.15) is 0 Å². The molecule has 1 aromatic heterocycles. The van der Waals surface area contributed by atoms with Gasteiger partial charge >= 0.3 is 6.18 Å². The Morgan fingerprint density at radius 2 is 2.19 bits per heavy atom. The van der Waals surface area contributed by atoms with E-state index in [0.29, 0.717) is 11.3 Å². The highest BCUT2D eigenvalue weighted by atomic mass is 32.1. The average Bonchev–Trinajstić information content (AvgIpc) is 2.60. The highest BCUT2D eigenvalue weighted by Crippen LogP contribution is 2.35. The molecule has 0 atom stereocenters. The Morgan fingerprint density at radius 3 is 2.56 bits per heavy atom. The molecule has 0 spiro atoms. The molecule has 0 aliphatic heterocycles. The zero-order valence-electron chi connectivity index (χ0n) is 7.84. The number of carbonyl (C=O) groups excluding carboxylic acids is 1. The van der Waals surface area contributed by atoms with Gasteiger partial charge in [0.25, 0.3) is 0 Å². The summed E-state index contributed by atoms with van der Waals surface area (Å²) in [6.07, 6.45) is -4.65. The molecule has 0 bridgehead atoms. The lowest BCUT2D eigenvalue weighted by atomic mass is 10.3. The standard InChI is InChI=1S/C7H8F3N3O2S/c8-7(9,10)5-3(2-14)16-6(13-5)12-4(15)1-11/h14H,1-2,11H2,(H,12,13,15). The number of rotatable bonds is 3. The first kappa shape index (κ1) is 12.9. The van der Waals surface area contributed by atoms with Crippen LogP contribution >= 0.6 is 11.3 Å². The van der Waals surface area contributed by atoms with Crippen LogP contribution in [0, 0.1) is 0 Å². The van der Waals surface area contributed by atoms with Crippen LogP contribution in [0.2, 0.25) is 0 Å². The molecule has 9 heteroatoms. The number of carbonyl (C=O) groups is 1. The summed E-state index contributed by atoms with van der Waals surface area (Å²) in [4.78, 5) is 13.7. The lowest BCUT2D eigenvalue weighted by Crippen LogP contribution is -2.21. The average molecular weight is 255 g/mol. The molecule has 0 saturated carbocycles. The first-order chi connectivity index (χ1) is 7.38. The summed E-state index contributed by atoms with van der Waals surface area (Å²) >= 11 is 0.561. The molecule has 1 aromatic rings. The molecule has 0 aliphatic carbocycles. The lowest BCUT2D eigenvalue weighted by Gasteiger charge is -2.03. The number of alkyl halides is 3. The number of aromatic nitrogens is 1. The molecule has 0 radical (unpaired) electrons. The summed E-state index contributed by atoms with van der Waals surface area (Å²) in [5.74, 6) is -0.646. The number of hydrogen-bond donors (Lipinski definition) is 3. The molecule has 0 saturated heterocycles. The van der Waals surface area contributed by atoms with Gasteiger partial charge in [0, 0.05) is 0 Å². The summed E-state index contributed by atoms with van der Waals surface area (Å²) in [5.41, 5.74) is 3.79. The summed E-state index contributed by atoms with van der Waals surface area (Å²) in [6.45, 7) is -1.14. The van der Waals surface area contributed by atoms with Crippen molar-refractivity contribution in [2.24, 2.45) is 5.73 Å². The van der Waals surface area contributed by atoms with E-state index >= 15 is 0 Å². The second-order valence-electron chi connectivity index (χ2n) is 2.70. The maximum Gasteiger partial charge on any atom is 0.434 e. The van der Waals surface area contributed by atoms with Crippen molar-refractivity contribution in [3.8, 4) is 0 Å². The van der Waals surface area contributed by atoms with E-state index in [9.17, 15) is 18.0 Å². The molecule has 16 heavy (non-hydrogen) atoms. The molecular weight excluding hydrogens is 247 g/mol. The predicted molar refractivity (Wildman–Crippen MR) is 50.7 cm³/mol. The molecule has 0 unspecified atom stereocenters. The SMILES string of the molecule is NCC(=O)Nc1nc(C(F)(F)F)c(CO)s1. The Labute approximate surface area is 92.1 Å². The zero-order valence-corrected chi connectivity index (χ0v) is 8.65. The van der Waals surface area contributed by atoms with Gasteiger partial charge in [-0.1, -0.05) is 11.3 Å². The van der Waals surface area contributed by atoms with Crippen LogP contribution in [0.4, 0.5) is 18.3 Å². The number of halogens is 3. The van der Waals surface area contributed by atoms with Gasteiger partial charge in [-0.05, 0) is 0 Å². The van der Waals surface area contributed by atoms with E-state index < -0.39 is 24.4 Å². The summed E-state index contributed by atoms with van der Waals surface area (Å²) in [7, 11) is 0. The highest BCUT2D eigenvalue weighted by molar-refractivity contribution is 7.15. The molecule has 0 aromatic carbocycles. The summed E-state index contributed by atoms with van der Waals surface area (Å²) < 4.78 is 37.1. The smallest absolute Gasteiger partial charge is 0.391 e. The molecule has 0 fully saturated rings. The van der Waals surface area contributed by atoms with E-state index in [4.69, 9.17) is 10.8 Å². The van der Waals surface area contributed by atoms with Gasteiger partial charge in [0.05, 0.1) is 18.0 Å².